The molecule has 0 unspecified atom stereocenters. The molecule has 2 heteroatoms. The molecule has 84 valence electrons. The average molecular weight is 200 g/mol. The van der Waals surface area contributed by atoms with Crippen LogP contribution in [0, 0.1) is 0 Å². The summed E-state index contributed by atoms with van der Waals surface area (Å²) in [5.41, 5.74) is 0. The maximum atomic E-state index is 9.46. The van der Waals surface area contributed by atoms with Gasteiger partial charge in [-0.15, -0.1) is 0 Å². The molecule has 14 heavy (non-hydrogen) atoms. The van der Waals surface area contributed by atoms with Crippen LogP contribution >= 0.6 is 0 Å². The fraction of sp³-hybridized carbons (Fsp3) is 0.833. The Kier molecular flexibility index (Phi) is 9.00. The lowest BCUT2D eigenvalue weighted by atomic mass is 10.1. The van der Waals surface area contributed by atoms with E-state index in [0.717, 1.165) is 38.5 Å². The molecule has 0 bridgehead atoms. The Morgan fingerprint density at radius 1 is 0.857 bits per heavy atom. The van der Waals surface area contributed by atoms with E-state index in [4.69, 9.17) is 0 Å². The lowest BCUT2D eigenvalue weighted by molar-refractivity contribution is 0.193. The maximum Gasteiger partial charge on any atom is 0.0721 e. The molecular weight excluding hydrogens is 176 g/mol. The second-order valence-electron chi connectivity index (χ2n) is 3.80. The fourth-order valence-corrected chi connectivity index (χ4v) is 1.28. The summed E-state index contributed by atoms with van der Waals surface area (Å²) >= 11 is 0. The number of rotatable bonds is 8. The first-order valence-corrected chi connectivity index (χ1v) is 5.75. The quantitative estimate of drug-likeness (QED) is 0.591. The molecule has 2 N–H and O–H groups in total. The Morgan fingerprint density at radius 3 is 1.50 bits per heavy atom. The van der Waals surface area contributed by atoms with Crippen LogP contribution in [0.15, 0.2) is 12.2 Å². The Morgan fingerprint density at radius 2 is 1.21 bits per heavy atom. The van der Waals surface area contributed by atoms with Crippen LogP contribution in [-0.2, 0) is 0 Å². The molecule has 0 saturated carbocycles. The van der Waals surface area contributed by atoms with Gasteiger partial charge in [-0.2, -0.15) is 0 Å². The molecule has 0 aliphatic carbocycles. The first-order chi connectivity index (χ1) is 6.70. The first kappa shape index (κ1) is 13.7. The van der Waals surface area contributed by atoms with Crippen molar-refractivity contribution < 1.29 is 10.2 Å². The molecule has 2 nitrogen and oxygen atoms in total. The summed E-state index contributed by atoms with van der Waals surface area (Å²) < 4.78 is 0. The molecule has 0 saturated heterocycles. The molecule has 0 aromatic carbocycles. The molecule has 0 radical (unpaired) electrons. The summed E-state index contributed by atoms with van der Waals surface area (Å²) in [6, 6.07) is 0. The highest BCUT2D eigenvalue weighted by Crippen LogP contribution is 2.05. The molecule has 0 fully saturated rings. The molecule has 0 aromatic rings. The summed E-state index contributed by atoms with van der Waals surface area (Å²) in [5, 5.41) is 18.9. The van der Waals surface area contributed by atoms with E-state index in [9.17, 15) is 10.2 Å². The largest absolute Gasteiger partial charge is 0.389 e. The van der Waals surface area contributed by atoms with E-state index < -0.39 is 0 Å². The van der Waals surface area contributed by atoms with Gasteiger partial charge in [-0.25, -0.2) is 0 Å². The lowest BCUT2D eigenvalue weighted by Gasteiger charge is -2.06. The van der Waals surface area contributed by atoms with Crippen LogP contribution in [0.2, 0.25) is 0 Å². The number of hydrogen-bond acceptors (Lipinski definition) is 2. The molecule has 0 aliphatic heterocycles. The number of aliphatic hydroxyl groups is 2. The van der Waals surface area contributed by atoms with Gasteiger partial charge in [0.15, 0.2) is 0 Å². The number of aliphatic hydroxyl groups excluding tert-OH is 2. The van der Waals surface area contributed by atoms with Crippen molar-refractivity contribution >= 4 is 0 Å². The predicted molar refractivity (Wildman–Crippen MR) is 60.2 cm³/mol. The first-order valence-electron chi connectivity index (χ1n) is 5.75. The number of unbranched alkanes of at least 4 members (excludes halogenated alkanes) is 2. The van der Waals surface area contributed by atoms with Crippen molar-refractivity contribution in [2.45, 2.75) is 64.6 Å². The molecule has 0 rings (SSSR count). The highest BCUT2D eigenvalue weighted by Gasteiger charge is 2.01. The van der Waals surface area contributed by atoms with Crippen molar-refractivity contribution in [1.82, 2.24) is 0 Å². The van der Waals surface area contributed by atoms with Crippen LogP contribution in [0.25, 0.3) is 0 Å². The zero-order chi connectivity index (χ0) is 10.8. The third-order valence-corrected chi connectivity index (χ3v) is 2.26. The molecule has 0 aliphatic rings. The smallest absolute Gasteiger partial charge is 0.0721 e. The SMILES string of the molecule is CCCC[C@H](O)/C=C/[C@@H](O)CCCC. The standard InChI is InChI=1S/C12H24O2/c1-3-5-7-11(13)9-10-12(14)8-6-4-2/h9-14H,3-8H2,1-2H3/b10-9+/t11-,12-/m0/s1. The number of hydrogen-bond donors (Lipinski definition) is 2. The third kappa shape index (κ3) is 8.27. The predicted octanol–water partition coefficient (Wildman–Crippen LogP) is 2.64. The van der Waals surface area contributed by atoms with Crippen LogP contribution in [0.5, 0.6) is 0 Å². The second-order valence-corrected chi connectivity index (χ2v) is 3.80. The fourth-order valence-electron chi connectivity index (χ4n) is 1.28. The molecule has 0 spiro atoms. The van der Waals surface area contributed by atoms with Gasteiger partial charge in [0.05, 0.1) is 12.2 Å². The minimum Gasteiger partial charge on any atom is -0.389 e. The zero-order valence-electron chi connectivity index (χ0n) is 9.45. The van der Waals surface area contributed by atoms with Crippen molar-refractivity contribution in [3.05, 3.63) is 12.2 Å². The van der Waals surface area contributed by atoms with Gasteiger partial charge < -0.3 is 10.2 Å². The zero-order valence-corrected chi connectivity index (χ0v) is 9.45. The summed E-state index contributed by atoms with van der Waals surface area (Å²) in [7, 11) is 0. The van der Waals surface area contributed by atoms with Gasteiger partial charge in [0, 0.05) is 0 Å². The van der Waals surface area contributed by atoms with Crippen molar-refractivity contribution in [2.24, 2.45) is 0 Å². The van der Waals surface area contributed by atoms with Crippen LogP contribution in [0.1, 0.15) is 52.4 Å². The molecular formula is C12H24O2. The van der Waals surface area contributed by atoms with Gasteiger partial charge in [-0.3, -0.25) is 0 Å². The van der Waals surface area contributed by atoms with Gasteiger partial charge in [0.1, 0.15) is 0 Å². The van der Waals surface area contributed by atoms with Gasteiger partial charge in [0.25, 0.3) is 0 Å². The van der Waals surface area contributed by atoms with Crippen molar-refractivity contribution in [2.75, 3.05) is 0 Å². The average Bonchev–Trinajstić information content (AvgIpc) is 2.20. The topological polar surface area (TPSA) is 40.5 Å². The minimum atomic E-state index is -0.383. The summed E-state index contributed by atoms with van der Waals surface area (Å²) in [5.74, 6) is 0. The highest BCUT2D eigenvalue weighted by atomic mass is 16.3. The monoisotopic (exact) mass is 200 g/mol. The minimum absolute atomic E-state index is 0.383. The van der Waals surface area contributed by atoms with E-state index in [1.807, 2.05) is 0 Å². The summed E-state index contributed by atoms with van der Waals surface area (Å²) in [4.78, 5) is 0. The van der Waals surface area contributed by atoms with E-state index in [1.165, 1.54) is 0 Å². The van der Waals surface area contributed by atoms with E-state index in [2.05, 4.69) is 13.8 Å². The van der Waals surface area contributed by atoms with E-state index >= 15 is 0 Å². The van der Waals surface area contributed by atoms with Crippen LogP contribution in [-0.4, -0.2) is 22.4 Å². The van der Waals surface area contributed by atoms with Gasteiger partial charge in [-0.1, -0.05) is 51.7 Å². The van der Waals surface area contributed by atoms with Gasteiger partial charge >= 0.3 is 0 Å². The Hall–Kier alpha value is -0.340. The molecule has 0 amide bonds. The van der Waals surface area contributed by atoms with Crippen LogP contribution < -0.4 is 0 Å². The Labute approximate surface area is 87.7 Å². The van der Waals surface area contributed by atoms with E-state index in [0.29, 0.717) is 0 Å². The molecule has 0 heterocycles. The summed E-state index contributed by atoms with van der Waals surface area (Å²) in [6.07, 6.45) is 8.55. The van der Waals surface area contributed by atoms with Crippen LogP contribution in [0.4, 0.5) is 0 Å². The third-order valence-electron chi connectivity index (χ3n) is 2.26. The van der Waals surface area contributed by atoms with Gasteiger partial charge in [-0.05, 0) is 12.8 Å². The molecule has 0 aromatic heterocycles. The van der Waals surface area contributed by atoms with E-state index in [1.54, 1.807) is 12.2 Å². The normalized spacial score (nSPS) is 16.0. The van der Waals surface area contributed by atoms with Crippen molar-refractivity contribution in [1.29, 1.82) is 0 Å². The van der Waals surface area contributed by atoms with Gasteiger partial charge in [0.2, 0.25) is 0 Å². The lowest BCUT2D eigenvalue weighted by Crippen LogP contribution is -2.06. The maximum absolute atomic E-state index is 9.46. The van der Waals surface area contributed by atoms with E-state index in [-0.39, 0.29) is 12.2 Å². The van der Waals surface area contributed by atoms with Crippen molar-refractivity contribution in [3.63, 3.8) is 0 Å². The molecule has 2 atom stereocenters. The summed E-state index contributed by atoms with van der Waals surface area (Å²) in [6.45, 7) is 4.21. The second kappa shape index (κ2) is 9.22. The Bertz CT molecular complexity index is 127. The highest BCUT2D eigenvalue weighted by molar-refractivity contribution is 4.93. The van der Waals surface area contributed by atoms with Crippen molar-refractivity contribution in [3.8, 4) is 0 Å². The Balaban J connectivity index is 3.56. The van der Waals surface area contributed by atoms with Crippen LogP contribution in [0.3, 0.4) is 0 Å².